The molecular weight excluding hydrogens is 368 g/mol. The van der Waals surface area contributed by atoms with Crippen LogP contribution >= 0.6 is 11.8 Å². The Morgan fingerprint density at radius 1 is 1.37 bits per heavy atom. The smallest absolute Gasteiger partial charge is 0.338 e. The van der Waals surface area contributed by atoms with Gasteiger partial charge in [-0.2, -0.15) is 0 Å². The fourth-order valence-electron chi connectivity index (χ4n) is 3.10. The van der Waals surface area contributed by atoms with E-state index < -0.39 is 18.0 Å². The topological polar surface area (TPSA) is 85.3 Å². The molecule has 0 saturated carbocycles. The third kappa shape index (κ3) is 3.90. The van der Waals surface area contributed by atoms with Crippen LogP contribution in [-0.2, 0) is 19.1 Å². The van der Waals surface area contributed by atoms with Gasteiger partial charge in [0.2, 0.25) is 5.91 Å². The van der Waals surface area contributed by atoms with E-state index in [0.29, 0.717) is 39.9 Å². The molecule has 0 N–H and O–H groups in total. The number of carbonyl (C=O) groups is 3. The first kappa shape index (κ1) is 19.2. The van der Waals surface area contributed by atoms with Gasteiger partial charge in [-0.1, -0.05) is 23.9 Å². The lowest BCUT2D eigenvalue weighted by atomic mass is 9.94. The van der Waals surface area contributed by atoms with Crippen molar-refractivity contribution in [1.82, 2.24) is 4.90 Å². The number of nitrogens with zero attached hydrogens (tertiary/aromatic N) is 2. The Hall–Kier alpha value is -2.61. The standard InChI is InChI=1S/C19H20N2O5S/c1-4-25-18(24)16-11(2)20-19-21(15(23)8-9-27-19)17(16)13-6-5-7-14(10-13)26-12(3)22/h5-7,10,17H,4,8-9H2,1-3H3. The third-order valence-electron chi connectivity index (χ3n) is 4.14. The highest BCUT2D eigenvalue weighted by molar-refractivity contribution is 8.14. The molecule has 0 bridgehead atoms. The predicted molar refractivity (Wildman–Crippen MR) is 101 cm³/mol. The van der Waals surface area contributed by atoms with Crippen molar-refractivity contribution in [3.8, 4) is 5.75 Å². The van der Waals surface area contributed by atoms with Crippen LogP contribution < -0.4 is 4.74 Å². The van der Waals surface area contributed by atoms with Crippen molar-refractivity contribution in [3.63, 3.8) is 0 Å². The lowest BCUT2D eigenvalue weighted by Gasteiger charge is -2.38. The molecule has 142 valence electrons. The number of hydrogen-bond acceptors (Lipinski definition) is 7. The highest BCUT2D eigenvalue weighted by Crippen LogP contribution is 2.41. The van der Waals surface area contributed by atoms with Crippen LogP contribution in [0.4, 0.5) is 0 Å². The number of thioether (sulfide) groups is 1. The van der Waals surface area contributed by atoms with E-state index in [2.05, 4.69) is 4.99 Å². The number of rotatable bonds is 4. The molecular formula is C19H20N2O5S. The summed E-state index contributed by atoms with van der Waals surface area (Å²) in [4.78, 5) is 42.6. The Bertz CT molecular complexity index is 861. The quantitative estimate of drug-likeness (QED) is 0.582. The minimum Gasteiger partial charge on any atom is -0.463 e. The third-order valence-corrected chi connectivity index (χ3v) is 5.09. The van der Waals surface area contributed by atoms with Crippen LogP contribution in [-0.4, -0.2) is 40.3 Å². The fourth-order valence-corrected chi connectivity index (χ4v) is 4.10. The number of benzene rings is 1. The van der Waals surface area contributed by atoms with Gasteiger partial charge in [-0.25, -0.2) is 9.79 Å². The number of aliphatic imine (C=N–C) groups is 1. The zero-order valence-corrected chi connectivity index (χ0v) is 16.2. The van der Waals surface area contributed by atoms with Gasteiger partial charge < -0.3 is 9.47 Å². The summed E-state index contributed by atoms with van der Waals surface area (Å²) < 4.78 is 10.4. The molecule has 0 spiro atoms. The van der Waals surface area contributed by atoms with Crippen LogP contribution in [0.3, 0.4) is 0 Å². The van der Waals surface area contributed by atoms with E-state index in [1.165, 1.54) is 18.7 Å². The molecule has 2 aliphatic heterocycles. The minimum atomic E-state index is -0.674. The summed E-state index contributed by atoms with van der Waals surface area (Å²) in [5.74, 6) is -0.0630. The van der Waals surface area contributed by atoms with E-state index in [4.69, 9.17) is 9.47 Å². The van der Waals surface area contributed by atoms with E-state index in [1.807, 2.05) is 0 Å². The maximum atomic E-state index is 12.7. The highest BCUT2D eigenvalue weighted by atomic mass is 32.2. The van der Waals surface area contributed by atoms with Gasteiger partial charge in [0.05, 0.1) is 23.9 Å². The van der Waals surface area contributed by atoms with Gasteiger partial charge >= 0.3 is 11.9 Å². The number of allylic oxidation sites excluding steroid dienone is 1. The van der Waals surface area contributed by atoms with Gasteiger partial charge in [-0.15, -0.1) is 0 Å². The normalized spacial score (nSPS) is 19.4. The van der Waals surface area contributed by atoms with Crippen molar-refractivity contribution in [2.24, 2.45) is 4.99 Å². The molecule has 27 heavy (non-hydrogen) atoms. The largest absolute Gasteiger partial charge is 0.463 e. The summed E-state index contributed by atoms with van der Waals surface area (Å²) in [6, 6.07) is 6.15. The second kappa shape index (κ2) is 7.96. The molecule has 1 saturated heterocycles. The molecule has 0 aromatic heterocycles. The molecule has 3 rings (SSSR count). The van der Waals surface area contributed by atoms with E-state index >= 15 is 0 Å². The van der Waals surface area contributed by atoms with Gasteiger partial charge in [0.15, 0.2) is 5.17 Å². The van der Waals surface area contributed by atoms with Gasteiger partial charge in [0, 0.05) is 19.1 Å². The molecule has 2 heterocycles. The molecule has 1 amide bonds. The first-order valence-corrected chi connectivity index (χ1v) is 9.60. The number of fused-ring (bicyclic) bond motifs is 1. The summed E-state index contributed by atoms with van der Waals surface area (Å²) in [6.07, 6.45) is 0.360. The van der Waals surface area contributed by atoms with Gasteiger partial charge in [-0.3, -0.25) is 14.5 Å². The predicted octanol–water partition coefficient (Wildman–Crippen LogP) is 2.83. The average molecular weight is 388 g/mol. The van der Waals surface area contributed by atoms with Crippen molar-refractivity contribution in [1.29, 1.82) is 0 Å². The zero-order chi connectivity index (χ0) is 19.6. The zero-order valence-electron chi connectivity index (χ0n) is 15.4. The first-order chi connectivity index (χ1) is 12.9. The molecule has 0 radical (unpaired) electrons. The number of ether oxygens (including phenoxy) is 2. The number of amides is 1. The summed E-state index contributed by atoms with van der Waals surface area (Å²) in [5.41, 5.74) is 1.49. The summed E-state index contributed by atoms with van der Waals surface area (Å²) >= 11 is 1.48. The second-order valence-corrected chi connectivity index (χ2v) is 7.11. The van der Waals surface area contributed by atoms with Crippen molar-refractivity contribution >= 4 is 34.8 Å². The molecule has 0 aliphatic carbocycles. The maximum Gasteiger partial charge on any atom is 0.338 e. The Morgan fingerprint density at radius 3 is 2.85 bits per heavy atom. The van der Waals surface area contributed by atoms with Crippen LogP contribution in [0.1, 0.15) is 38.8 Å². The molecule has 1 unspecified atom stereocenters. The lowest BCUT2D eigenvalue weighted by molar-refractivity contribution is -0.140. The molecule has 8 heteroatoms. The van der Waals surface area contributed by atoms with Crippen molar-refractivity contribution < 1.29 is 23.9 Å². The van der Waals surface area contributed by atoms with Crippen LogP contribution in [0.25, 0.3) is 0 Å². The Labute approximate surface area is 161 Å². The highest BCUT2D eigenvalue weighted by Gasteiger charge is 2.41. The number of amidine groups is 1. The Balaban J connectivity index is 2.12. The maximum absolute atomic E-state index is 12.7. The lowest BCUT2D eigenvalue weighted by Crippen LogP contribution is -2.45. The summed E-state index contributed by atoms with van der Waals surface area (Å²) in [7, 11) is 0. The summed E-state index contributed by atoms with van der Waals surface area (Å²) in [5, 5.41) is 0.569. The van der Waals surface area contributed by atoms with Crippen LogP contribution in [0.5, 0.6) is 5.75 Å². The molecule has 1 atom stereocenters. The van der Waals surface area contributed by atoms with E-state index in [0.717, 1.165) is 0 Å². The molecule has 2 aliphatic rings. The fraction of sp³-hybridized carbons (Fsp3) is 0.368. The second-order valence-electron chi connectivity index (χ2n) is 6.04. The monoisotopic (exact) mass is 388 g/mol. The Kier molecular flexibility index (Phi) is 5.65. The van der Waals surface area contributed by atoms with E-state index in [-0.39, 0.29) is 12.5 Å². The van der Waals surface area contributed by atoms with Gasteiger partial charge in [0.1, 0.15) is 5.75 Å². The number of esters is 2. The van der Waals surface area contributed by atoms with Crippen molar-refractivity contribution in [2.75, 3.05) is 12.4 Å². The van der Waals surface area contributed by atoms with Crippen LogP contribution in [0.15, 0.2) is 40.5 Å². The minimum absolute atomic E-state index is 0.107. The van der Waals surface area contributed by atoms with E-state index in [1.54, 1.807) is 43.0 Å². The van der Waals surface area contributed by atoms with Gasteiger partial charge in [0.25, 0.3) is 0 Å². The van der Waals surface area contributed by atoms with Crippen molar-refractivity contribution in [2.45, 2.75) is 33.2 Å². The van der Waals surface area contributed by atoms with Crippen molar-refractivity contribution in [3.05, 3.63) is 41.1 Å². The SMILES string of the molecule is CCOC(=O)C1=C(C)N=C2SCCC(=O)N2C1c1cccc(OC(C)=O)c1. The van der Waals surface area contributed by atoms with E-state index in [9.17, 15) is 14.4 Å². The van der Waals surface area contributed by atoms with Crippen LogP contribution in [0, 0.1) is 0 Å². The Morgan fingerprint density at radius 2 is 2.15 bits per heavy atom. The molecule has 7 nitrogen and oxygen atoms in total. The molecule has 1 aromatic carbocycles. The first-order valence-electron chi connectivity index (χ1n) is 8.62. The number of carbonyl (C=O) groups excluding carboxylic acids is 3. The molecule has 1 fully saturated rings. The summed E-state index contributed by atoms with van der Waals surface area (Å²) in [6.45, 7) is 4.99. The average Bonchev–Trinajstić information content (AvgIpc) is 2.60. The van der Waals surface area contributed by atoms with Crippen LogP contribution in [0.2, 0.25) is 0 Å². The van der Waals surface area contributed by atoms with Gasteiger partial charge in [-0.05, 0) is 31.5 Å². The number of hydrogen-bond donors (Lipinski definition) is 0. The molecule has 1 aromatic rings.